The standard InChI is InChI=1S/C40H40ClN5O7S3/c1-5-54-37(36(51)52-39(2,3)4)53-45-29(32(47)43-30-33(48)46-31(35(49)50)24(21-41)22-55-34(30)46)28-23-56-38(42-28)44-40(25-15-9-6-10-16-25,26-17-11-7-12-18-26)27-19-13-8-14-20-27/h6-20,23,30,34,37H,5,21-22H2,1-4H3,(H,42,44)(H,43,47)(H,49,50)/t30-,34+,37-/m1/s1. The van der Waals surface area contributed by atoms with Crippen LogP contribution in [0.4, 0.5) is 5.13 Å². The van der Waals surface area contributed by atoms with E-state index in [0.29, 0.717) is 16.5 Å². The molecule has 0 saturated carbocycles. The molecular formula is C40H40ClN5O7S3. The molecule has 1 aromatic heterocycles. The quantitative estimate of drug-likeness (QED) is 0.0224. The Morgan fingerprint density at radius 2 is 1.57 bits per heavy atom. The molecule has 0 spiro atoms. The van der Waals surface area contributed by atoms with Gasteiger partial charge in [-0.1, -0.05) is 103 Å². The predicted octanol–water partition coefficient (Wildman–Crippen LogP) is 6.67. The minimum absolute atomic E-state index is 0.0504. The highest BCUT2D eigenvalue weighted by atomic mass is 35.5. The summed E-state index contributed by atoms with van der Waals surface area (Å²) in [5.41, 5.74) is -0.0973. The molecule has 0 bridgehead atoms. The first-order valence-electron chi connectivity index (χ1n) is 17.6. The molecule has 56 heavy (non-hydrogen) atoms. The zero-order valence-corrected chi connectivity index (χ0v) is 34.1. The first-order chi connectivity index (χ1) is 26.9. The molecule has 16 heteroatoms. The number of nitrogens with zero attached hydrogens (tertiary/aromatic N) is 3. The van der Waals surface area contributed by atoms with Crippen LogP contribution >= 0.6 is 46.5 Å². The summed E-state index contributed by atoms with van der Waals surface area (Å²) in [5, 5.41) is 21.9. The third kappa shape index (κ3) is 8.60. The van der Waals surface area contributed by atoms with E-state index in [1.165, 1.54) is 23.1 Å². The van der Waals surface area contributed by atoms with Gasteiger partial charge in [0.1, 0.15) is 33.9 Å². The van der Waals surface area contributed by atoms with Gasteiger partial charge in [-0.15, -0.1) is 46.5 Å². The van der Waals surface area contributed by atoms with Crippen molar-refractivity contribution in [2.45, 2.75) is 55.7 Å². The molecule has 1 saturated heterocycles. The molecular weight excluding hydrogens is 794 g/mol. The van der Waals surface area contributed by atoms with Crippen LogP contribution in [0.3, 0.4) is 0 Å². The number of carbonyl (C=O) groups excluding carboxylic acids is 3. The minimum Gasteiger partial charge on any atom is -0.477 e. The third-order valence-electron chi connectivity index (χ3n) is 8.73. The van der Waals surface area contributed by atoms with Gasteiger partial charge < -0.3 is 25.3 Å². The summed E-state index contributed by atoms with van der Waals surface area (Å²) >= 11 is 9.65. The van der Waals surface area contributed by atoms with Crippen molar-refractivity contribution in [1.82, 2.24) is 15.2 Å². The lowest BCUT2D eigenvalue weighted by molar-refractivity contribution is -0.162. The van der Waals surface area contributed by atoms with E-state index in [1.54, 1.807) is 26.2 Å². The van der Waals surface area contributed by atoms with Gasteiger partial charge in [-0.05, 0) is 48.8 Å². The maximum Gasteiger partial charge on any atom is 0.361 e. The Bertz CT molecular complexity index is 2030. The number of alkyl halides is 1. The zero-order chi connectivity index (χ0) is 40.0. The van der Waals surface area contributed by atoms with Gasteiger partial charge in [0, 0.05) is 17.0 Å². The highest BCUT2D eigenvalue weighted by Gasteiger charge is 2.54. The lowest BCUT2D eigenvalue weighted by atomic mass is 9.77. The Morgan fingerprint density at radius 3 is 2.07 bits per heavy atom. The lowest BCUT2D eigenvalue weighted by Crippen LogP contribution is -2.71. The molecule has 2 amide bonds. The van der Waals surface area contributed by atoms with Gasteiger partial charge in [0.15, 0.2) is 10.8 Å². The summed E-state index contributed by atoms with van der Waals surface area (Å²) in [6.07, 6.45) is 0. The fourth-order valence-electron chi connectivity index (χ4n) is 6.32. The molecule has 4 aromatic rings. The summed E-state index contributed by atoms with van der Waals surface area (Å²) in [5.74, 6) is -2.68. The highest BCUT2D eigenvalue weighted by molar-refractivity contribution is 8.00. The number of fused-ring (bicyclic) bond motifs is 1. The average molecular weight is 834 g/mol. The number of anilines is 1. The molecule has 2 aliphatic heterocycles. The van der Waals surface area contributed by atoms with Crippen LogP contribution < -0.4 is 10.6 Å². The number of benzene rings is 3. The van der Waals surface area contributed by atoms with Gasteiger partial charge in [-0.25, -0.2) is 14.6 Å². The number of thioether (sulfide) groups is 2. The van der Waals surface area contributed by atoms with E-state index in [1.807, 2.05) is 97.9 Å². The number of carbonyl (C=O) groups is 4. The van der Waals surface area contributed by atoms with Gasteiger partial charge >= 0.3 is 11.9 Å². The Kier molecular flexibility index (Phi) is 12.8. The van der Waals surface area contributed by atoms with Crippen LogP contribution in [0, 0.1) is 0 Å². The molecule has 3 atom stereocenters. The van der Waals surface area contributed by atoms with E-state index >= 15 is 0 Å². The lowest BCUT2D eigenvalue weighted by Gasteiger charge is -2.49. The normalized spacial score (nSPS) is 17.7. The zero-order valence-electron chi connectivity index (χ0n) is 30.9. The molecule has 3 heterocycles. The number of thiazole rings is 1. The SMILES string of the molecule is CCS[C@@H](ON=C(C(=O)N[C@@H]1C(=O)N2C(C(=O)O)=C(CCl)CS[C@@H]12)c1csc(NC(c2ccccc2)(c2ccccc2)c2ccccc2)n1)C(=O)OC(C)(C)C. The number of esters is 1. The summed E-state index contributed by atoms with van der Waals surface area (Å²) in [6.45, 7) is 7.03. The van der Waals surface area contributed by atoms with E-state index in [9.17, 15) is 24.3 Å². The number of nitrogens with one attached hydrogen (secondary N) is 2. The van der Waals surface area contributed by atoms with E-state index in [0.717, 1.165) is 33.4 Å². The molecule has 3 aromatic carbocycles. The third-order valence-corrected chi connectivity index (χ3v) is 12.1. The van der Waals surface area contributed by atoms with Crippen LogP contribution in [-0.2, 0) is 34.3 Å². The number of aliphatic carboxylic acids is 1. The highest BCUT2D eigenvalue weighted by Crippen LogP contribution is 2.42. The van der Waals surface area contributed by atoms with Gasteiger partial charge in [0.2, 0.25) is 0 Å². The van der Waals surface area contributed by atoms with Gasteiger partial charge in [0.25, 0.3) is 17.3 Å². The summed E-state index contributed by atoms with van der Waals surface area (Å²) in [7, 11) is 0. The second-order valence-corrected chi connectivity index (χ2v) is 17.2. The van der Waals surface area contributed by atoms with Gasteiger partial charge in [0.05, 0.1) is 0 Å². The van der Waals surface area contributed by atoms with E-state index < -0.39 is 51.7 Å². The monoisotopic (exact) mass is 833 g/mol. The number of carboxylic acid groups (broad SMARTS) is 1. The molecule has 2 aliphatic rings. The fourth-order valence-corrected chi connectivity index (χ4v) is 9.35. The minimum atomic E-state index is -1.28. The van der Waals surface area contributed by atoms with E-state index in [2.05, 4.69) is 15.8 Å². The largest absolute Gasteiger partial charge is 0.477 e. The molecule has 3 N–H and O–H groups in total. The first-order valence-corrected chi connectivity index (χ1v) is 21.1. The summed E-state index contributed by atoms with van der Waals surface area (Å²) in [6, 6.07) is 28.7. The molecule has 1 fully saturated rings. The smallest absolute Gasteiger partial charge is 0.361 e. The Hall–Kier alpha value is -4.83. The van der Waals surface area contributed by atoms with Gasteiger partial charge in [-0.3, -0.25) is 14.5 Å². The number of hydrogen-bond donors (Lipinski definition) is 3. The topological polar surface area (TPSA) is 160 Å². The maximum atomic E-state index is 14.2. The van der Waals surface area contributed by atoms with Crippen molar-refractivity contribution >= 4 is 81.1 Å². The number of β-lactam (4-membered cyclic amide) rings is 1. The van der Waals surface area contributed by atoms with Crippen LogP contribution in [0.2, 0.25) is 0 Å². The number of ether oxygens (including phenoxy) is 1. The van der Waals surface area contributed by atoms with Crippen molar-refractivity contribution in [2.75, 3.05) is 22.7 Å². The molecule has 0 radical (unpaired) electrons. The number of hydrogen-bond acceptors (Lipinski definition) is 12. The number of oxime groups is 1. The van der Waals surface area contributed by atoms with Crippen LogP contribution in [0.1, 0.15) is 50.1 Å². The van der Waals surface area contributed by atoms with Crippen molar-refractivity contribution in [3.8, 4) is 0 Å². The second kappa shape index (κ2) is 17.5. The number of carboxylic acids is 1. The molecule has 12 nitrogen and oxygen atoms in total. The molecule has 0 aliphatic carbocycles. The van der Waals surface area contributed by atoms with Crippen LogP contribution in [-0.4, -0.2) is 84.3 Å². The molecule has 292 valence electrons. The Labute approximate surface area is 342 Å². The fraction of sp³-hybridized carbons (Fsp3) is 0.300. The van der Waals surface area contributed by atoms with Crippen molar-refractivity contribution in [3.05, 3.63) is 130 Å². The van der Waals surface area contributed by atoms with Crippen LogP contribution in [0.5, 0.6) is 0 Å². The number of halogens is 1. The molecule has 6 rings (SSSR count). The van der Waals surface area contributed by atoms with Crippen LogP contribution in [0.15, 0.2) is 113 Å². The van der Waals surface area contributed by atoms with E-state index in [4.69, 9.17) is 26.2 Å². The summed E-state index contributed by atoms with van der Waals surface area (Å²) < 4.78 is 5.55. The first kappa shape index (κ1) is 40.8. The van der Waals surface area contributed by atoms with Crippen LogP contribution in [0.25, 0.3) is 0 Å². The van der Waals surface area contributed by atoms with E-state index in [-0.39, 0.29) is 28.7 Å². The van der Waals surface area contributed by atoms with Gasteiger partial charge in [-0.2, -0.15) is 0 Å². The van der Waals surface area contributed by atoms with Crippen molar-refractivity contribution < 1.29 is 33.9 Å². The molecule has 0 unspecified atom stereocenters. The van der Waals surface area contributed by atoms with Crippen molar-refractivity contribution in [1.29, 1.82) is 0 Å². The van der Waals surface area contributed by atoms with Crippen molar-refractivity contribution in [3.63, 3.8) is 0 Å². The second-order valence-electron chi connectivity index (χ2n) is 13.6. The number of rotatable bonds is 15. The maximum absolute atomic E-state index is 14.2. The summed E-state index contributed by atoms with van der Waals surface area (Å²) in [4.78, 5) is 64.6. The predicted molar refractivity (Wildman–Crippen MR) is 221 cm³/mol. The van der Waals surface area contributed by atoms with Crippen molar-refractivity contribution in [2.24, 2.45) is 5.16 Å². The number of amides is 2. The Morgan fingerprint density at radius 1 is 1.00 bits per heavy atom. The number of aromatic nitrogens is 1. The average Bonchev–Trinajstić information content (AvgIpc) is 3.66. The Balaban J connectivity index is 1.38.